The van der Waals surface area contributed by atoms with Crippen molar-refractivity contribution >= 4 is 15.9 Å². The van der Waals surface area contributed by atoms with Crippen LogP contribution in [0.15, 0.2) is 18.2 Å². The summed E-state index contributed by atoms with van der Waals surface area (Å²) in [4.78, 5) is 0.579. The predicted octanol–water partition coefficient (Wildman–Crippen LogP) is 4.45. The van der Waals surface area contributed by atoms with Crippen molar-refractivity contribution in [1.29, 1.82) is 0 Å². The minimum atomic E-state index is 0.579. The third kappa shape index (κ3) is 4.20. The van der Waals surface area contributed by atoms with Gasteiger partial charge in [0.1, 0.15) is 0 Å². The molecule has 0 bridgehead atoms. The van der Waals surface area contributed by atoms with Crippen LogP contribution in [-0.4, -0.2) is 19.0 Å². The number of hydrogen-bond donors (Lipinski definition) is 0. The first-order valence-electron chi connectivity index (χ1n) is 6.47. The quantitative estimate of drug-likeness (QED) is 0.692. The number of methoxy groups -OCH3 is 2. The molecule has 0 spiro atoms. The zero-order chi connectivity index (χ0) is 13.5. The van der Waals surface area contributed by atoms with Crippen LogP contribution in [0.25, 0.3) is 0 Å². The van der Waals surface area contributed by atoms with Gasteiger partial charge in [-0.05, 0) is 36.5 Å². The average molecular weight is 315 g/mol. The highest BCUT2D eigenvalue weighted by Crippen LogP contribution is 2.30. The van der Waals surface area contributed by atoms with Crippen molar-refractivity contribution in [3.8, 4) is 11.5 Å². The van der Waals surface area contributed by atoms with Gasteiger partial charge >= 0.3 is 0 Å². The van der Waals surface area contributed by atoms with Gasteiger partial charge in [-0.15, -0.1) is 0 Å². The number of hydrogen-bond acceptors (Lipinski definition) is 2. The van der Waals surface area contributed by atoms with Crippen LogP contribution in [0.1, 0.15) is 32.3 Å². The van der Waals surface area contributed by atoms with Gasteiger partial charge in [-0.3, -0.25) is 0 Å². The molecule has 0 aliphatic carbocycles. The number of alkyl halides is 1. The topological polar surface area (TPSA) is 18.5 Å². The maximum atomic E-state index is 5.33. The van der Waals surface area contributed by atoms with Gasteiger partial charge in [0.2, 0.25) is 0 Å². The smallest absolute Gasteiger partial charge is 0.160 e. The molecule has 1 aromatic rings. The minimum absolute atomic E-state index is 0.579. The Hall–Kier alpha value is -0.700. The van der Waals surface area contributed by atoms with Crippen LogP contribution < -0.4 is 9.47 Å². The van der Waals surface area contributed by atoms with Crippen molar-refractivity contribution in [3.05, 3.63) is 23.8 Å². The van der Waals surface area contributed by atoms with Crippen molar-refractivity contribution in [2.75, 3.05) is 14.2 Å². The van der Waals surface area contributed by atoms with Crippen molar-refractivity contribution < 1.29 is 9.47 Å². The second-order valence-corrected chi connectivity index (χ2v) is 5.85. The van der Waals surface area contributed by atoms with E-state index in [0.717, 1.165) is 17.9 Å². The molecule has 1 aromatic carbocycles. The Bertz CT molecular complexity index is 366. The molecule has 18 heavy (non-hydrogen) atoms. The Kier molecular flexibility index (Phi) is 6.55. The van der Waals surface area contributed by atoms with E-state index in [-0.39, 0.29) is 0 Å². The fourth-order valence-electron chi connectivity index (χ4n) is 2.07. The Morgan fingerprint density at radius 3 is 2.39 bits per heavy atom. The van der Waals surface area contributed by atoms with Gasteiger partial charge in [-0.2, -0.15) is 0 Å². The van der Waals surface area contributed by atoms with Crippen molar-refractivity contribution in [1.82, 2.24) is 0 Å². The van der Waals surface area contributed by atoms with Gasteiger partial charge < -0.3 is 9.47 Å². The first-order valence-corrected chi connectivity index (χ1v) is 7.38. The van der Waals surface area contributed by atoms with E-state index in [4.69, 9.17) is 9.47 Å². The Labute approximate surface area is 119 Å². The van der Waals surface area contributed by atoms with Gasteiger partial charge in [0.25, 0.3) is 0 Å². The fraction of sp³-hybridized carbons (Fsp3) is 0.600. The molecule has 0 N–H and O–H groups in total. The van der Waals surface area contributed by atoms with Crippen LogP contribution in [0, 0.1) is 5.92 Å². The Morgan fingerprint density at radius 2 is 1.83 bits per heavy atom. The molecule has 2 unspecified atom stereocenters. The van der Waals surface area contributed by atoms with Crippen LogP contribution >= 0.6 is 15.9 Å². The molecule has 0 heterocycles. The highest BCUT2D eigenvalue weighted by atomic mass is 79.9. The highest BCUT2D eigenvalue weighted by Gasteiger charge is 2.14. The lowest BCUT2D eigenvalue weighted by Crippen LogP contribution is -2.13. The molecule has 0 fully saturated rings. The van der Waals surface area contributed by atoms with Crippen molar-refractivity contribution in [2.45, 2.75) is 37.9 Å². The monoisotopic (exact) mass is 314 g/mol. The number of halogens is 1. The van der Waals surface area contributed by atoms with Gasteiger partial charge in [0.15, 0.2) is 11.5 Å². The van der Waals surface area contributed by atoms with E-state index in [2.05, 4.69) is 41.9 Å². The number of rotatable bonds is 7. The van der Waals surface area contributed by atoms with Gasteiger partial charge in [0, 0.05) is 4.83 Å². The standard InChI is InChI=1S/C15H23BrO2/c1-5-6-13(16)11(2)9-12-7-8-14(17-3)15(10-12)18-4/h7-8,10-11,13H,5-6,9H2,1-4H3. The Morgan fingerprint density at radius 1 is 1.17 bits per heavy atom. The third-order valence-corrected chi connectivity index (χ3v) is 4.55. The molecule has 0 aliphatic rings. The molecule has 0 saturated carbocycles. The van der Waals surface area contributed by atoms with E-state index in [1.807, 2.05) is 6.07 Å². The summed E-state index contributed by atoms with van der Waals surface area (Å²) < 4.78 is 10.6. The van der Waals surface area contributed by atoms with Gasteiger partial charge in [-0.1, -0.05) is 42.3 Å². The molecule has 2 atom stereocenters. The van der Waals surface area contributed by atoms with Crippen molar-refractivity contribution in [3.63, 3.8) is 0 Å². The molecule has 0 saturated heterocycles. The van der Waals surface area contributed by atoms with E-state index in [1.165, 1.54) is 18.4 Å². The Balaban J connectivity index is 2.72. The molecule has 0 radical (unpaired) electrons. The fourth-order valence-corrected chi connectivity index (χ4v) is 2.71. The van der Waals surface area contributed by atoms with E-state index in [1.54, 1.807) is 14.2 Å². The van der Waals surface area contributed by atoms with Crippen LogP contribution in [-0.2, 0) is 6.42 Å². The molecule has 2 nitrogen and oxygen atoms in total. The lowest BCUT2D eigenvalue weighted by atomic mass is 9.95. The average Bonchev–Trinajstić information content (AvgIpc) is 2.38. The summed E-state index contributed by atoms with van der Waals surface area (Å²) in [6.45, 7) is 4.50. The van der Waals surface area contributed by atoms with E-state index in [9.17, 15) is 0 Å². The summed E-state index contributed by atoms with van der Waals surface area (Å²) in [5.74, 6) is 2.21. The molecular weight excluding hydrogens is 292 g/mol. The van der Waals surface area contributed by atoms with Crippen LogP contribution in [0.4, 0.5) is 0 Å². The van der Waals surface area contributed by atoms with E-state index < -0.39 is 0 Å². The molecule has 3 heteroatoms. The van der Waals surface area contributed by atoms with Crippen molar-refractivity contribution in [2.24, 2.45) is 5.92 Å². The summed E-state index contributed by atoms with van der Waals surface area (Å²) in [5.41, 5.74) is 1.29. The van der Waals surface area contributed by atoms with Gasteiger partial charge in [-0.25, -0.2) is 0 Å². The highest BCUT2D eigenvalue weighted by molar-refractivity contribution is 9.09. The van der Waals surface area contributed by atoms with Crippen LogP contribution in [0.5, 0.6) is 11.5 Å². The minimum Gasteiger partial charge on any atom is -0.493 e. The van der Waals surface area contributed by atoms with E-state index >= 15 is 0 Å². The largest absolute Gasteiger partial charge is 0.493 e. The first-order chi connectivity index (χ1) is 8.62. The SMILES string of the molecule is CCCC(Br)C(C)Cc1ccc(OC)c(OC)c1. The molecule has 0 aliphatic heterocycles. The second kappa shape index (κ2) is 7.67. The van der Waals surface area contributed by atoms with E-state index in [0.29, 0.717) is 10.7 Å². The summed E-state index contributed by atoms with van der Waals surface area (Å²) in [7, 11) is 3.34. The maximum Gasteiger partial charge on any atom is 0.160 e. The van der Waals surface area contributed by atoms with Crippen LogP contribution in [0.2, 0.25) is 0 Å². The zero-order valence-corrected chi connectivity index (χ0v) is 13.3. The van der Waals surface area contributed by atoms with Gasteiger partial charge in [0.05, 0.1) is 14.2 Å². The second-order valence-electron chi connectivity index (χ2n) is 4.68. The molecule has 102 valence electrons. The first kappa shape index (κ1) is 15.4. The summed E-state index contributed by atoms with van der Waals surface area (Å²) in [6, 6.07) is 6.16. The summed E-state index contributed by atoms with van der Waals surface area (Å²) in [5, 5.41) is 0. The number of ether oxygens (including phenoxy) is 2. The molecule has 0 aromatic heterocycles. The molecular formula is C15H23BrO2. The lowest BCUT2D eigenvalue weighted by molar-refractivity contribution is 0.354. The number of benzene rings is 1. The third-order valence-electron chi connectivity index (χ3n) is 3.19. The zero-order valence-electron chi connectivity index (χ0n) is 11.7. The maximum absolute atomic E-state index is 5.33. The normalized spacial score (nSPS) is 14.1. The molecule has 1 rings (SSSR count). The summed E-state index contributed by atoms with van der Waals surface area (Å²) in [6.07, 6.45) is 3.48. The predicted molar refractivity (Wildman–Crippen MR) is 80.0 cm³/mol. The van der Waals surface area contributed by atoms with Crippen LogP contribution in [0.3, 0.4) is 0 Å². The molecule has 0 amide bonds. The lowest BCUT2D eigenvalue weighted by Gasteiger charge is -2.18. The summed E-state index contributed by atoms with van der Waals surface area (Å²) >= 11 is 3.77.